The lowest BCUT2D eigenvalue weighted by Gasteiger charge is -2.01. The minimum absolute atomic E-state index is 0.0626. The van der Waals surface area contributed by atoms with Gasteiger partial charge in [-0.3, -0.25) is 9.59 Å². The van der Waals surface area contributed by atoms with Crippen molar-refractivity contribution in [1.82, 2.24) is 10.0 Å². The average Bonchev–Trinajstić information content (AvgIpc) is 2.04. The summed E-state index contributed by atoms with van der Waals surface area (Å²) in [5, 5.41) is 10.6. The van der Waals surface area contributed by atoms with Crippen LogP contribution in [0.25, 0.3) is 0 Å². The van der Waals surface area contributed by atoms with E-state index in [2.05, 4.69) is 10.0 Å². The van der Waals surface area contributed by atoms with Crippen LogP contribution in [0.3, 0.4) is 0 Å². The summed E-state index contributed by atoms with van der Waals surface area (Å²) in [6.45, 7) is 0.485. The van der Waals surface area contributed by atoms with Crippen LogP contribution in [0.2, 0.25) is 0 Å². The summed E-state index contributed by atoms with van der Waals surface area (Å²) in [6, 6.07) is 0. The predicted octanol–water partition coefficient (Wildman–Crippen LogP) is -1.54. The van der Waals surface area contributed by atoms with Crippen LogP contribution in [-0.4, -0.2) is 40.5 Å². The van der Waals surface area contributed by atoms with E-state index in [0.717, 1.165) is 0 Å². The number of carboxylic acids is 1. The molecule has 0 radical (unpaired) electrons. The molecule has 0 rings (SSSR count). The van der Waals surface area contributed by atoms with Crippen molar-refractivity contribution in [3.63, 3.8) is 0 Å². The summed E-state index contributed by atoms with van der Waals surface area (Å²) >= 11 is 0. The first kappa shape index (κ1) is 12.0. The van der Waals surface area contributed by atoms with Crippen molar-refractivity contribution < 1.29 is 18.9 Å². The van der Waals surface area contributed by atoms with Crippen LogP contribution in [0.4, 0.5) is 0 Å². The van der Waals surface area contributed by atoms with Crippen molar-refractivity contribution in [1.29, 1.82) is 0 Å². The molecule has 3 N–H and O–H groups in total. The fraction of sp³-hybridized carbons (Fsp3) is 0.667. The van der Waals surface area contributed by atoms with Crippen LogP contribution in [0.15, 0.2) is 0 Å². The van der Waals surface area contributed by atoms with E-state index < -0.39 is 17.0 Å². The SMILES string of the molecule is O=CNCCS(=O)NCCC(=O)O. The highest BCUT2D eigenvalue weighted by atomic mass is 32.2. The molecular formula is C6H12N2O4S. The third-order valence-electron chi connectivity index (χ3n) is 1.12. The Labute approximate surface area is 78.3 Å². The summed E-state index contributed by atoms with van der Waals surface area (Å²) < 4.78 is 13.5. The van der Waals surface area contributed by atoms with Gasteiger partial charge in [-0.15, -0.1) is 0 Å². The molecule has 0 aliphatic carbocycles. The Kier molecular flexibility index (Phi) is 7.12. The molecule has 1 unspecified atom stereocenters. The summed E-state index contributed by atoms with van der Waals surface area (Å²) in [4.78, 5) is 19.8. The fourth-order valence-corrected chi connectivity index (χ4v) is 1.33. The van der Waals surface area contributed by atoms with Crippen molar-refractivity contribution in [3.8, 4) is 0 Å². The number of hydrogen-bond acceptors (Lipinski definition) is 3. The lowest BCUT2D eigenvalue weighted by molar-refractivity contribution is -0.136. The molecule has 0 heterocycles. The molecule has 0 aromatic rings. The van der Waals surface area contributed by atoms with Gasteiger partial charge in [-0.2, -0.15) is 0 Å². The Morgan fingerprint density at radius 2 is 2.15 bits per heavy atom. The summed E-state index contributed by atoms with van der Waals surface area (Å²) in [5.74, 6) is -0.659. The highest BCUT2D eigenvalue weighted by Gasteiger charge is 2.00. The Hall–Kier alpha value is -0.950. The lowest BCUT2D eigenvalue weighted by atomic mass is 10.5. The molecule has 7 heteroatoms. The number of nitrogens with one attached hydrogen (secondary N) is 2. The van der Waals surface area contributed by atoms with E-state index in [1.807, 2.05) is 0 Å². The van der Waals surface area contributed by atoms with Crippen molar-refractivity contribution >= 4 is 23.4 Å². The zero-order valence-electron chi connectivity index (χ0n) is 6.99. The first-order chi connectivity index (χ1) is 6.16. The molecule has 1 atom stereocenters. The number of aliphatic carboxylic acids is 1. The molecule has 0 bridgehead atoms. The second-order valence-corrected chi connectivity index (χ2v) is 3.55. The van der Waals surface area contributed by atoms with Gasteiger partial charge in [0, 0.05) is 13.1 Å². The van der Waals surface area contributed by atoms with E-state index >= 15 is 0 Å². The molecule has 0 aliphatic heterocycles. The van der Waals surface area contributed by atoms with Gasteiger partial charge in [-0.05, 0) is 0 Å². The van der Waals surface area contributed by atoms with Crippen LogP contribution in [0.1, 0.15) is 6.42 Å². The molecule has 6 nitrogen and oxygen atoms in total. The van der Waals surface area contributed by atoms with Crippen LogP contribution in [0, 0.1) is 0 Å². The topological polar surface area (TPSA) is 95.5 Å². The van der Waals surface area contributed by atoms with Gasteiger partial charge in [-0.1, -0.05) is 0 Å². The lowest BCUT2D eigenvalue weighted by Crippen LogP contribution is -2.27. The zero-order chi connectivity index (χ0) is 10.1. The van der Waals surface area contributed by atoms with Crippen molar-refractivity contribution in [2.24, 2.45) is 0 Å². The third-order valence-corrected chi connectivity index (χ3v) is 2.22. The molecule has 0 fully saturated rings. The fourth-order valence-electron chi connectivity index (χ4n) is 0.555. The molecule has 0 aliphatic rings. The van der Waals surface area contributed by atoms with Gasteiger partial charge in [0.25, 0.3) is 0 Å². The normalized spacial score (nSPS) is 12.0. The zero-order valence-corrected chi connectivity index (χ0v) is 7.80. The highest BCUT2D eigenvalue weighted by molar-refractivity contribution is 7.83. The molecule has 13 heavy (non-hydrogen) atoms. The highest BCUT2D eigenvalue weighted by Crippen LogP contribution is 1.79. The van der Waals surface area contributed by atoms with E-state index in [9.17, 15) is 13.8 Å². The molecule has 0 saturated heterocycles. The number of carbonyl (C=O) groups excluding carboxylic acids is 1. The van der Waals surface area contributed by atoms with Gasteiger partial charge in [-0.25, -0.2) is 8.93 Å². The van der Waals surface area contributed by atoms with E-state index in [0.29, 0.717) is 13.0 Å². The third kappa shape index (κ3) is 8.96. The minimum Gasteiger partial charge on any atom is -0.481 e. The van der Waals surface area contributed by atoms with Crippen LogP contribution in [0.5, 0.6) is 0 Å². The molecule has 0 saturated carbocycles. The van der Waals surface area contributed by atoms with Crippen molar-refractivity contribution in [3.05, 3.63) is 0 Å². The van der Waals surface area contributed by atoms with Gasteiger partial charge >= 0.3 is 5.97 Å². The van der Waals surface area contributed by atoms with E-state index in [-0.39, 0.29) is 18.7 Å². The maximum Gasteiger partial charge on any atom is 0.304 e. The van der Waals surface area contributed by atoms with Gasteiger partial charge in [0.2, 0.25) is 6.41 Å². The van der Waals surface area contributed by atoms with E-state index in [1.165, 1.54) is 0 Å². The summed E-state index contributed by atoms with van der Waals surface area (Å²) in [6.07, 6.45) is 0.460. The first-order valence-corrected chi connectivity index (χ1v) is 4.99. The number of carboxylic acid groups (broad SMARTS) is 1. The Balaban J connectivity index is 3.30. The first-order valence-electron chi connectivity index (χ1n) is 3.67. The number of amides is 1. The van der Waals surface area contributed by atoms with E-state index in [4.69, 9.17) is 5.11 Å². The van der Waals surface area contributed by atoms with E-state index in [1.54, 1.807) is 0 Å². The largest absolute Gasteiger partial charge is 0.481 e. The standard InChI is InChI=1S/C6H12N2O4S/c9-5-7-3-4-13(12)8-2-1-6(10)11/h5,8H,1-4H2,(H,7,9)(H,10,11). The van der Waals surface area contributed by atoms with Crippen LogP contribution < -0.4 is 10.0 Å². The molecule has 0 spiro atoms. The monoisotopic (exact) mass is 208 g/mol. The van der Waals surface area contributed by atoms with Gasteiger partial charge in [0.15, 0.2) is 0 Å². The van der Waals surface area contributed by atoms with Crippen LogP contribution in [-0.2, 0) is 20.6 Å². The van der Waals surface area contributed by atoms with Crippen molar-refractivity contribution in [2.45, 2.75) is 6.42 Å². The second kappa shape index (κ2) is 7.69. The van der Waals surface area contributed by atoms with Gasteiger partial charge in [0.05, 0.1) is 23.2 Å². The number of carbonyl (C=O) groups is 2. The average molecular weight is 208 g/mol. The number of hydrogen-bond donors (Lipinski definition) is 3. The van der Waals surface area contributed by atoms with Gasteiger partial charge < -0.3 is 10.4 Å². The second-order valence-electron chi connectivity index (χ2n) is 2.16. The maximum atomic E-state index is 11.0. The Bertz CT molecular complexity index is 197. The summed E-state index contributed by atoms with van der Waals surface area (Å²) in [5.41, 5.74) is 0. The molecule has 0 aromatic heterocycles. The van der Waals surface area contributed by atoms with Gasteiger partial charge in [0.1, 0.15) is 0 Å². The number of rotatable bonds is 8. The molecule has 0 aromatic carbocycles. The Morgan fingerprint density at radius 3 is 2.69 bits per heavy atom. The van der Waals surface area contributed by atoms with Crippen LogP contribution >= 0.6 is 0 Å². The summed E-state index contributed by atoms with van der Waals surface area (Å²) in [7, 11) is -1.27. The molecule has 1 amide bonds. The quantitative estimate of drug-likeness (QED) is 0.333. The van der Waals surface area contributed by atoms with Crippen molar-refractivity contribution in [2.75, 3.05) is 18.8 Å². The molecule has 76 valence electrons. The predicted molar refractivity (Wildman–Crippen MR) is 47.3 cm³/mol. The Morgan fingerprint density at radius 1 is 1.46 bits per heavy atom. The maximum absolute atomic E-state index is 11.0. The molecular weight excluding hydrogens is 196 g/mol. The smallest absolute Gasteiger partial charge is 0.304 e. The minimum atomic E-state index is -1.27.